The Balaban J connectivity index is 2.33. The van der Waals surface area contributed by atoms with Crippen LogP contribution in [0.4, 0.5) is 0 Å². The number of carbonyl (C=O) groups is 1. The lowest BCUT2D eigenvalue weighted by molar-refractivity contribution is -0.137. The van der Waals surface area contributed by atoms with E-state index in [1.165, 1.54) is 25.7 Å². The van der Waals surface area contributed by atoms with Crippen molar-refractivity contribution in [3.63, 3.8) is 0 Å². The Labute approximate surface area is 106 Å². The summed E-state index contributed by atoms with van der Waals surface area (Å²) in [6.07, 6.45) is 5.00. The average molecular weight is 240 g/mol. The van der Waals surface area contributed by atoms with Crippen LogP contribution in [0.1, 0.15) is 46.5 Å². The summed E-state index contributed by atoms with van der Waals surface area (Å²) < 4.78 is 0. The molecule has 3 nitrogen and oxygen atoms in total. The molecule has 3 heteroatoms. The molecule has 0 saturated carbocycles. The molecule has 0 radical (unpaired) electrons. The summed E-state index contributed by atoms with van der Waals surface area (Å²) in [6.45, 7) is 10.2. The molecule has 1 amide bonds. The number of nitrogens with zero attached hydrogens (tertiary/aromatic N) is 1. The number of hydrogen-bond acceptors (Lipinski definition) is 2. The largest absolute Gasteiger partial charge is 0.340 e. The summed E-state index contributed by atoms with van der Waals surface area (Å²) in [7, 11) is 0. The topological polar surface area (TPSA) is 32.3 Å². The van der Waals surface area contributed by atoms with Crippen molar-refractivity contribution in [2.45, 2.75) is 46.5 Å². The highest BCUT2D eigenvalue weighted by molar-refractivity contribution is 5.78. The SMILES string of the molecule is CCCCCC(C)C(C)C(=O)N1CCNCC1. The van der Waals surface area contributed by atoms with Crippen LogP contribution in [-0.4, -0.2) is 37.0 Å². The van der Waals surface area contributed by atoms with Gasteiger partial charge < -0.3 is 10.2 Å². The molecule has 100 valence electrons. The molecular formula is C14H28N2O. The molecular weight excluding hydrogens is 212 g/mol. The smallest absolute Gasteiger partial charge is 0.225 e. The number of hydrogen-bond donors (Lipinski definition) is 1. The molecule has 2 atom stereocenters. The molecule has 17 heavy (non-hydrogen) atoms. The Morgan fingerprint density at radius 2 is 1.88 bits per heavy atom. The summed E-state index contributed by atoms with van der Waals surface area (Å²) in [5, 5.41) is 3.29. The fourth-order valence-electron chi connectivity index (χ4n) is 2.38. The van der Waals surface area contributed by atoms with Crippen LogP contribution in [0, 0.1) is 11.8 Å². The lowest BCUT2D eigenvalue weighted by Gasteiger charge is -2.31. The van der Waals surface area contributed by atoms with Gasteiger partial charge in [-0.1, -0.05) is 40.0 Å². The predicted molar refractivity (Wildman–Crippen MR) is 71.9 cm³/mol. The highest BCUT2D eigenvalue weighted by Gasteiger charge is 2.25. The number of rotatable bonds is 6. The van der Waals surface area contributed by atoms with E-state index in [1.807, 2.05) is 4.90 Å². The third kappa shape index (κ3) is 4.66. The normalized spacial score (nSPS) is 20.1. The van der Waals surface area contributed by atoms with E-state index in [0.29, 0.717) is 11.8 Å². The summed E-state index contributed by atoms with van der Waals surface area (Å²) >= 11 is 0. The van der Waals surface area contributed by atoms with E-state index in [1.54, 1.807) is 0 Å². The number of unbranched alkanes of at least 4 members (excludes halogenated alkanes) is 2. The maximum atomic E-state index is 12.3. The van der Waals surface area contributed by atoms with E-state index < -0.39 is 0 Å². The van der Waals surface area contributed by atoms with Gasteiger partial charge >= 0.3 is 0 Å². The van der Waals surface area contributed by atoms with Crippen LogP contribution >= 0.6 is 0 Å². The van der Waals surface area contributed by atoms with Crippen LogP contribution in [0.15, 0.2) is 0 Å². The Kier molecular flexibility index (Phi) is 6.56. The van der Waals surface area contributed by atoms with Crippen molar-refractivity contribution in [3.8, 4) is 0 Å². The van der Waals surface area contributed by atoms with Crippen LogP contribution in [0.2, 0.25) is 0 Å². The van der Waals surface area contributed by atoms with Gasteiger partial charge in [0.05, 0.1) is 0 Å². The molecule has 1 rings (SSSR count). The summed E-state index contributed by atoms with van der Waals surface area (Å²) in [6, 6.07) is 0. The number of nitrogens with one attached hydrogen (secondary N) is 1. The Bertz CT molecular complexity index is 224. The van der Waals surface area contributed by atoms with Crippen molar-refractivity contribution in [3.05, 3.63) is 0 Å². The predicted octanol–water partition coefficient (Wildman–Crippen LogP) is 2.27. The maximum Gasteiger partial charge on any atom is 0.225 e. The van der Waals surface area contributed by atoms with Gasteiger partial charge in [-0.3, -0.25) is 4.79 Å². The van der Waals surface area contributed by atoms with Crippen molar-refractivity contribution >= 4 is 5.91 Å². The molecule has 0 aromatic carbocycles. The number of carbonyl (C=O) groups excluding carboxylic acids is 1. The second kappa shape index (κ2) is 7.70. The second-order valence-corrected chi connectivity index (χ2v) is 5.34. The third-order valence-corrected chi connectivity index (χ3v) is 3.93. The molecule has 2 unspecified atom stereocenters. The Morgan fingerprint density at radius 1 is 1.24 bits per heavy atom. The van der Waals surface area contributed by atoms with E-state index in [0.717, 1.165) is 26.2 Å². The first kappa shape index (κ1) is 14.5. The van der Waals surface area contributed by atoms with E-state index in [9.17, 15) is 4.79 Å². The van der Waals surface area contributed by atoms with Gasteiger partial charge in [0.15, 0.2) is 0 Å². The fraction of sp³-hybridized carbons (Fsp3) is 0.929. The zero-order chi connectivity index (χ0) is 12.7. The van der Waals surface area contributed by atoms with Crippen LogP contribution in [0.5, 0.6) is 0 Å². The third-order valence-electron chi connectivity index (χ3n) is 3.93. The Hall–Kier alpha value is -0.570. The minimum atomic E-state index is 0.185. The maximum absolute atomic E-state index is 12.3. The Morgan fingerprint density at radius 3 is 2.47 bits per heavy atom. The lowest BCUT2D eigenvalue weighted by atomic mass is 9.89. The summed E-state index contributed by atoms with van der Waals surface area (Å²) in [4.78, 5) is 14.3. The van der Waals surface area contributed by atoms with E-state index >= 15 is 0 Å². The van der Waals surface area contributed by atoms with Crippen molar-refractivity contribution in [1.82, 2.24) is 10.2 Å². The van der Waals surface area contributed by atoms with Crippen LogP contribution in [0.3, 0.4) is 0 Å². The van der Waals surface area contributed by atoms with Gasteiger partial charge in [0, 0.05) is 32.1 Å². The first-order chi connectivity index (χ1) is 8.16. The molecule has 1 aliphatic heterocycles. The minimum absolute atomic E-state index is 0.185. The van der Waals surface area contributed by atoms with Gasteiger partial charge in [-0.2, -0.15) is 0 Å². The summed E-state index contributed by atoms with van der Waals surface area (Å²) in [5.74, 6) is 1.06. The van der Waals surface area contributed by atoms with Gasteiger partial charge in [0.1, 0.15) is 0 Å². The van der Waals surface area contributed by atoms with Gasteiger partial charge in [-0.15, -0.1) is 0 Å². The van der Waals surface area contributed by atoms with Gasteiger partial charge in [0.25, 0.3) is 0 Å². The molecule has 1 heterocycles. The minimum Gasteiger partial charge on any atom is -0.340 e. The van der Waals surface area contributed by atoms with Crippen molar-refractivity contribution < 1.29 is 4.79 Å². The number of amides is 1. The zero-order valence-electron chi connectivity index (χ0n) is 11.7. The highest BCUT2D eigenvalue weighted by atomic mass is 16.2. The standard InChI is InChI=1S/C14H28N2O/c1-4-5-6-7-12(2)13(3)14(17)16-10-8-15-9-11-16/h12-13,15H,4-11H2,1-3H3. The first-order valence-corrected chi connectivity index (χ1v) is 7.16. The molecule has 1 saturated heterocycles. The van der Waals surface area contributed by atoms with Gasteiger partial charge in [0.2, 0.25) is 5.91 Å². The highest BCUT2D eigenvalue weighted by Crippen LogP contribution is 2.20. The van der Waals surface area contributed by atoms with Gasteiger partial charge in [-0.25, -0.2) is 0 Å². The van der Waals surface area contributed by atoms with Crippen LogP contribution < -0.4 is 5.32 Å². The fourth-order valence-corrected chi connectivity index (χ4v) is 2.38. The van der Waals surface area contributed by atoms with Gasteiger partial charge in [-0.05, 0) is 12.3 Å². The van der Waals surface area contributed by atoms with E-state index in [-0.39, 0.29) is 5.92 Å². The molecule has 1 N–H and O–H groups in total. The summed E-state index contributed by atoms with van der Waals surface area (Å²) in [5.41, 5.74) is 0. The molecule has 0 aliphatic carbocycles. The van der Waals surface area contributed by atoms with E-state index in [4.69, 9.17) is 0 Å². The van der Waals surface area contributed by atoms with Crippen molar-refractivity contribution in [1.29, 1.82) is 0 Å². The van der Waals surface area contributed by atoms with Crippen molar-refractivity contribution in [2.75, 3.05) is 26.2 Å². The first-order valence-electron chi connectivity index (χ1n) is 7.16. The molecule has 0 bridgehead atoms. The number of piperazine rings is 1. The van der Waals surface area contributed by atoms with Crippen molar-refractivity contribution in [2.24, 2.45) is 11.8 Å². The van der Waals surface area contributed by atoms with Crippen LogP contribution in [-0.2, 0) is 4.79 Å². The monoisotopic (exact) mass is 240 g/mol. The molecule has 1 fully saturated rings. The molecule has 1 aliphatic rings. The molecule has 0 aromatic rings. The zero-order valence-corrected chi connectivity index (χ0v) is 11.7. The molecule has 0 spiro atoms. The van der Waals surface area contributed by atoms with Crippen LogP contribution in [0.25, 0.3) is 0 Å². The average Bonchev–Trinajstić information content (AvgIpc) is 2.38. The second-order valence-electron chi connectivity index (χ2n) is 5.34. The lowest BCUT2D eigenvalue weighted by Crippen LogP contribution is -2.48. The molecule has 0 aromatic heterocycles. The quantitative estimate of drug-likeness (QED) is 0.722. The van der Waals surface area contributed by atoms with E-state index in [2.05, 4.69) is 26.1 Å².